The summed E-state index contributed by atoms with van der Waals surface area (Å²) in [6.07, 6.45) is 1.17. The molecule has 17 heavy (non-hydrogen) atoms. The van der Waals surface area contributed by atoms with E-state index in [1.807, 2.05) is 13.8 Å². The Kier molecular flexibility index (Phi) is 2.38. The van der Waals surface area contributed by atoms with Gasteiger partial charge in [-0.2, -0.15) is 0 Å². The van der Waals surface area contributed by atoms with Crippen molar-refractivity contribution >= 4 is 11.7 Å². The Morgan fingerprint density at radius 1 is 1.53 bits per heavy atom. The van der Waals surface area contributed by atoms with Crippen molar-refractivity contribution in [2.45, 2.75) is 19.8 Å². The number of carboxylic acids is 1. The number of aliphatic carboxylic acids is 1. The van der Waals surface area contributed by atoms with Crippen molar-refractivity contribution in [3.05, 3.63) is 34.1 Å². The van der Waals surface area contributed by atoms with Gasteiger partial charge in [0.15, 0.2) is 0 Å². The fourth-order valence-corrected chi connectivity index (χ4v) is 2.34. The molecule has 1 fully saturated rings. The minimum absolute atomic E-state index is 0.0842. The van der Waals surface area contributed by atoms with Gasteiger partial charge >= 0.3 is 5.97 Å². The average molecular weight is 236 g/mol. The lowest BCUT2D eigenvalue weighted by molar-refractivity contribution is -0.385. The first-order valence-corrected chi connectivity index (χ1v) is 5.19. The van der Waals surface area contributed by atoms with Gasteiger partial charge < -0.3 is 5.11 Å². The molecule has 0 spiro atoms. The summed E-state index contributed by atoms with van der Waals surface area (Å²) >= 11 is 0. The average Bonchev–Trinajstić information content (AvgIpc) is 2.82. The largest absolute Gasteiger partial charge is 0.481 e. The summed E-state index contributed by atoms with van der Waals surface area (Å²) in [4.78, 5) is 24.9. The molecular weight excluding hydrogens is 224 g/mol. The summed E-state index contributed by atoms with van der Waals surface area (Å²) in [7, 11) is 0. The molecule has 1 aliphatic carbocycles. The van der Waals surface area contributed by atoms with E-state index in [0.717, 1.165) is 0 Å². The highest BCUT2D eigenvalue weighted by molar-refractivity contribution is 5.77. The van der Waals surface area contributed by atoms with E-state index in [1.54, 1.807) is 0 Å². The fourth-order valence-electron chi connectivity index (χ4n) is 2.34. The molecule has 1 saturated carbocycles. The van der Waals surface area contributed by atoms with Crippen molar-refractivity contribution in [2.75, 3.05) is 0 Å². The third-order valence-corrected chi connectivity index (χ3v) is 3.39. The second kappa shape index (κ2) is 3.51. The number of hydrogen-bond acceptors (Lipinski definition) is 4. The van der Waals surface area contributed by atoms with Crippen LogP contribution in [0, 0.1) is 21.4 Å². The van der Waals surface area contributed by atoms with Crippen LogP contribution in [0.15, 0.2) is 18.3 Å². The van der Waals surface area contributed by atoms with Gasteiger partial charge in [0.25, 0.3) is 5.69 Å². The molecular formula is C11H12N2O4. The third kappa shape index (κ3) is 1.75. The minimum Gasteiger partial charge on any atom is -0.481 e. The number of aromatic nitrogens is 1. The summed E-state index contributed by atoms with van der Waals surface area (Å²) in [5.74, 6) is -1.47. The lowest BCUT2D eigenvalue weighted by atomic mass is 10.1. The molecule has 90 valence electrons. The Balaban J connectivity index is 2.26. The summed E-state index contributed by atoms with van der Waals surface area (Å²) < 4.78 is 0. The van der Waals surface area contributed by atoms with E-state index in [1.165, 1.54) is 18.3 Å². The van der Waals surface area contributed by atoms with Crippen molar-refractivity contribution in [1.82, 2.24) is 4.98 Å². The highest BCUT2D eigenvalue weighted by atomic mass is 16.6. The zero-order chi connectivity index (χ0) is 12.8. The third-order valence-electron chi connectivity index (χ3n) is 3.39. The quantitative estimate of drug-likeness (QED) is 0.638. The van der Waals surface area contributed by atoms with E-state index in [9.17, 15) is 14.9 Å². The Morgan fingerprint density at radius 2 is 2.18 bits per heavy atom. The van der Waals surface area contributed by atoms with Gasteiger partial charge in [0.05, 0.1) is 10.8 Å². The number of rotatable bonds is 3. The number of hydrogen-bond donors (Lipinski definition) is 1. The van der Waals surface area contributed by atoms with Gasteiger partial charge in [0.2, 0.25) is 0 Å². The Hall–Kier alpha value is -1.98. The summed E-state index contributed by atoms with van der Waals surface area (Å²) in [6.45, 7) is 3.72. The minimum atomic E-state index is -0.847. The molecule has 2 atom stereocenters. The molecule has 6 nitrogen and oxygen atoms in total. The van der Waals surface area contributed by atoms with Crippen LogP contribution < -0.4 is 0 Å². The molecule has 0 bridgehead atoms. The maximum Gasteiger partial charge on any atom is 0.307 e. The Bertz CT molecular complexity index is 481. The van der Waals surface area contributed by atoms with Crippen LogP contribution in [-0.4, -0.2) is 21.0 Å². The van der Waals surface area contributed by atoms with Crippen LogP contribution in [0.3, 0.4) is 0 Å². The molecule has 0 amide bonds. The molecule has 2 unspecified atom stereocenters. The number of nitrogens with zero attached hydrogens (tertiary/aromatic N) is 2. The Labute approximate surface area is 97.4 Å². The summed E-state index contributed by atoms with van der Waals surface area (Å²) in [6, 6.07) is 2.89. The SMILES string of the molecule is CC1(C)C(C(=O)O)C1c1ccc([N+](=O)[O-])cn1. The van der Waals surface area contributed by atoms with E-state index in [2.05, 4.69) is 4.98 Å². The first-order chi connectivity index (χ1) is 7.85. The van der Waals surface area contributed by atoms with Crippen LogP contribution in [-0.2, 0) is 4.79 Å². The number of pyridine rings is 1. The first kappa shape index (κ1) is 11.5. The molecule has 0 saturated heterocycles. The van der Waals surface area contributed by atoms with Gasteiger partial charge in [-0.25, -0.2) is 0 Å². The number of nitro groups is 1. The predicted molar refractivity (Wildman–Crippen MR) is 58.5 cm³/mol. The van der Waals surface area contributed by atoms with Gasteiger partial charge in [-0.05, 0) is 11.5 Å². The van der Waals surface area contributed by atoms with Crippen LogP contribution in [0.25, 0.3) is 0 Å². The van der Waals surface area contributed by atoms with Crippen molar-refractivity contribution in [1.29, 1.82) is 0 Å². The van der Waals surface area contributed by atoms with Crippen LogP contribution in [0.2, 0.25) is 0 Å². The lowest BCUT2D eigenvalue weighted by Gasteiger charge is -2.00. The standard InChI is InChI=1S/C11H12N2O4/c1-11(2)8(9(11)10(14)15)7-4-3-6(5-12-7)13(16)17/h3-5,8-9H,1-2H3,(H,14,15). The fraction of sp³-hybridized carbons (Fsp3) is 0.455. The zero-order valence-electron chi connectivity index (χ0n) is 9.45. The smallest absolute Gasteiger partial charge is 0.307 e. The van der Waals surface area contributed by atoms with Gasteiger partial charge in [-0.1, -0.05) is 13.8 Å². The molecule has 0 aliphatic heterocycles. The van der Waals surface area contributed by atoms with E-state index in [0.29, 0.717) is 5.69 Å². The normalized spacial score (nSPS) is 25.3. The summed E-state index contributed by atoms with van der Waals surface area (Å²) in [5.41, 5.74) is 0.182. The van der Waals surface area contributed by atoms with Crippen molar-refractivity contribution < 1.29 is 14.8 Å². The molecule has 1 heterocycles. The van der Waals surface area contributed by atoms with Crippen LogP contribution >= 0.6 is 0 Å². The maximum atomic E-state index is 11.0. The molecule has 1 N–H and O–H groups in total. The molecule has 2 rings (SSSR count). The van der Waals surface area contributed by atoms with Gasteiger partial charge in [-0.3, -0.25) is 19.9 Å². The van der Waals surface area contributed by atoms with E-state index < -0.39 is 16.8 Å². The van der Waals surface area contributed by atoms with E-state index >= 15 is 0 Å². The molecule has 0 aromatic carbocycles. The Morgan fingerprint density at radius 3 is 2.53 bits per heavy atom. The first-order valence-electron chi connectivity index (χ1n) is 5.19. The van der Waals surface area contributed by atoms with Gasteiger partial charge in [-0.15, -0.1) is 0 Å². The highest BCUT2D eigenvalue weighted by Gasteiger charge is 2.63. The predicted octanol–water partition coefficient (Wildman–Crippen LogP) is 1.81. The maximum absolute atomic E-state index is 11.0. The molecule has 0 radical (unpaired) electrons. The summed E-state index contributed by atoms with van der Waals surface area (Å²) in [5, 5.41) is 19.5. The van der Waals surface area contributed by atoms with Crippen LogP contribution in [0.1, 0.15) is 25.5 Å². The molecule has 6 heteroatoms. The van der Waals surface area contributed by atoms with E-state index in [4.69, 9.17) is 5.11 Å². The molecule has 1 aromatic heterocycles. The highest BCUT2D eigenvalue weighted by Crippen LogP contribution is 2.63. The lowest BCUT2D eigenvalue weighted by Crippen LogP contribution is -2.03. The van der Waals surface area contributed by atoms with E-state index in [-0.39, 0.29) is 17.0 Å². The monoisotopic (exact) mass is 236 g/mol. The van der Waals surface area contributed by atoms with Crippen LogP contribution in [0.4, 0.5) is 5.69 Å². The second-order valence-corrected chi connectivity index (χ2v) is 4.81. The van der Waals surface area contributed by atoms with Gasteiger partial charge in [0, 0.05) is 17.7 Å². The van der Waals surface area contributed by atoms with Crippen molar-refractivity contribution in [3.8, 4) is 0 Å². The second-order valence-electron chi connectivity index (χ2n) is 4.81. The number of carbonyl (C=O) groups is 1. The van der Waals surface area contributed by atoms with Gasteiger partial charge in [0.1, 0.15) is 6.20 Å². The molecule has 1 aromatic rings. The zero-order valence-corrected chi connectivity index (χ0v) is 9.45. The van der Waals surface area contributed by atoms with Crippen LogP contribution in [0.5, 0.6) is 0 Å². The van der Waals surface area contributed by atoms with Crippen molar-refractivity contribution in [3.63, 3.8) is 0 Å². The number of carboxylic acid groups (broad SMARTS) is 1. The van der Waals surface area contributed by atoms with Crippen molar-refractivity contribution in [2.24, 2.45) is 11.3 Å². The topological polar surface area (TPSA) is 93.3 Å². The molecule has 1 aliphatic rings.